The lowest BCUT2D eigenvalue weighted by Gasteiger charge is -2.10. The standard InChI is InChI=1S/C15H22N4O4/c16-5-1-7-18-13(20)10-3-4-11(12(9-10)15(22)23)14(21)19-8-2-6-17/h3-4,9H,1-2,5-8,16-17H2,(H,18,20)(H,19,21)(H,22,23). The summed E-state index contributed by atoms with van der Waals surface area (Å²) >= 11 is 0. The molecule has 0 saturated carbocycles. The third-order valence-corrected chi connectivity index (χ3v) is 3.09. The second-order valence-electron chi connectivity index (χ2n) is 4.86. The van der Waals surface area contributed by atoms with E-state index in [1.807, 2.05) is 0 Å². The van der Waals surface area contributed by atoms with Gasteiger partial charge in [0.1, 0.15) is 0 Å². The summed E-state index contributed by atoms with van der Waals surface area (Å²) in [5.74, 6) is -2.19. The zero-order valence-corrected chi connectivity index (χ0v) is 12.8. The van der Waals surface area contributed by atoms with Gasteiger partial charge >= 0.3 is 5.97 Å². The predicted molar refractivity (Wildman–Crippen MR) is 85.4 cm³/mol. The highest BCUT2D eigenvalue weighted by molar-refractivity contribution is 6.07. The molecule has 0 aliphatic carbocycles. The number of benzene rings is 1. The van der Waals surface area contributed by atoms with Crippen LogP contribution in [0.1, 0.15) is 43.9 Å². The van der Waals surface area contributed by atoms with Crippen molar-refractivity contribution in [1.29, 1.82) is 0 Å². The van der Waals surface area contributed by atoms with Crippen molar-refractivity contribution in [2.45, 2.75) is 12.8 Å². The van der Waals surface area contributed by atoms with Crippen molar-refractivity contribution >= 4 is 17.8 Å². The van der Waals surface area contributed by atoms with Crippen LogP contribution in [0.3, 0.4) is 0 Å². The van der Waals surface area contributed by atoms with E-state index in [4.69, 9.17) is 11.5 Å². The lowest BCUT2D eigenvalue weighted by Crippen LogP contribution is -2.29. The first-order valence-electron chi connectivity index (χ1n) is 7.35. The molecule has 0 saturated heterocycles. The first-order valence-corrected chi connectivity index (χ1v) is 7.35. The molecule has 0 heterocycles. The number of nitrogens with one attached hydrogen (secondary N) is 2. The number of carboxylic acids is 1. The number of hydrogen-bond donors (Lipinski definition) is 5. The minimum Gasteiger partial charge on any atom is -0.478 e. The first kappa shape index (κ1) is 18.6. The molecular weight excluding hydrogens is 300 g/mol. The molecule has 8 heteroatoms. The Morgan fingerprint density at radius 1 is 0.913 bits per heavy atom. The molecule has 0 fully saturated rings. The van der Waals surface area contributed by atoms with Crippen LogP contribution in [0.5, 0.6) is 0 Å². The average Bonchev–Trinajstić information content (AvgIpc) is 2.54. The van der Waals surface area contributed by atoms with Crippen LogP contribution in [0.4, 0.5) is 0 Å². The number of rotatable bonds is 9. The molecule has 8 nitrogen and oxygen atoms in total. The summed E-state index contributed by atoms with van der Waals surface area (Å²) in [6, 6.07) is 3.94. The van der Waals surface area contributed by atoms with Gasteiger partial charge in [-0.3, -0.25) is 9.59 Å². The molecule has 0 bridgehead atoms. The van der Waals surface area contributed by atoms with Gasteiger partial charge in [-0.1, -0.05) is 0 Å². The van der Waals surface area contributed by atoms with Gasteiger partial charge in [-0.2, -0.15) is 0 Å². The van der Waals surface area contributed by atoms with Crippen molar-refractivity contribution in [2.75, 3.05) is 26.2 Å². The van der Waals surface area contributed by atoms with Crippen molar-refractivity contribution in [3.63, 3.8) is 0 Å². The van der Waals surface area contributed by atoms with Gasteiger partial charge in [0.2, 0.25) is 0 Å². The maximum atomic E-state index is 12.0. The maximum absolute atomic E-state index is 12.0. The number of aromatic carboxylic acids is 1. The Morgan fingerprint density at radius 3 is 2.00 bits per heavy atom. The topological polar surface area (TPSA) is 148 Å². The van der Waals surface area contributed by atoms with Crippen LogP contribution in [0.2, 0.25) is 0 Å². The fourth-order valence-electron chi connectivity index (χ4n) is 1.87. The molecule has 1 aromatic carbocycles. The molecule has 0 atom stereocenters. The number of nitrogens with two attached hydrogens (primary N) is 2. The predicted octanol–water partition coefficient (Wildman–Crippen LogP) is -0.458. The van der Waals surface area contributed by atoms with Crippen LogP contribution in [0.15, 0.2) is 18.2 Å². The summed E-state index contributed by atoms with van der Waals surface area (Å²) in [6.07, 6.45) is 1.22. The SMILES string of the molecule is NCCCNC(=O)c1ccc(C(=O)NCCCN)c(C(=O)O)c1. The molecule has 0 aliphatic rings. The van der Waals surface area contributed by atoms with Gasteiger partial charge in [0.05, 0.1) is 11.1 Å². The van der Waals surface area contributed by atoms with Crippen LogP contribution in [0, 0.1) is 0 Å². The molecule has 0 aliphatic heterocycles. The molecule has 0 unspecified atom stereocenters. The van der Waals surface area contributed by atoms with Crippen molar-refractivity contribution in [2.24, 2.45) is 11.5 Å². The van der Waals surface area contributed by atoms with Crippen molar-refractivity contribution in [1.82, 2.24) is 10.6 Å². The minimum atomic E-state index is -1.27. The second-order valence-corrected chi connectivity index (χ2v) is 4.86. The lowest BCUT2D eigenvalue weighted by atomic mass is 10.0. The van der Waals surface area contributed by atoms with Gasteiger partial charge in [-0.25, -0.2) is 4.79 Å². The fourth-order valence-corrected chi connectivity index (χ4v) is 1.87. The third-order valence-electron chi connectivity index (χ3n) is 3.09. The zero-order valence-electron chi connectivity index (χ0n) is 12.8. The number of carbonyl (C=O) groups is 3. The largest absolute Gasteiger partial charge is 0.478 e. The number of carboxylic acid groups (broad SMARTS) is 1. The quantitative estimate of drug-likeness (QED) is 0.389. The number of amides is 2. The molecule has 7 N–H and O–H groups in total. The summed E-state index contributed by atoms with van der Waals surface area (Å²) in [5, 5.41) is 14.5. The van der Waals surface area contributed by atoms with Crippen LogP contribution in [-0.2, 0) is 0 Å². The van der Waals surface area contributed by atoms with Crippen molar-refractivity contribution in [3.05, 3.63) is 34.9 Å². The van der Waals surface area contributed by atoms with E-state index >= 15 is 0 Å². The highest BCUT2D eigenvalue weighted by Gasteiger charge is 2.18. The number of carbonyl (C=O) groups excluding carboxylic acids is 2. The first-order chi connectivity index (χ1) is 11.0. The highest BCUT2D eigenvalue weighted by Crippen LogP contribution is 2.13. The smallest absolute Gasteiger partial charge is 0.336 e. The van der Waals surface area contributed by atoms with Gasteiger partial charge in [-0.15, -0.1) is 0 Å². The van der Waals surface area contributed by atoms with Gasteiger partial charge in [0.25, 0.3) is 11.8 Å². The molecular formula is C15H22N4O4. The van der Waals surface area contributed by atoms with Crippen molar-refractivity contribution in [3.8, 4) is 0 Å². The Balaban J connectivity index is 2.91. The fraction of sp³-hybridized carbons (Fsp3) is 0.400. The second kappa shape index (κ2) is 9.54. The lowest BCUT2D eigenvalue weighted by molar-refractivity contribution is 0.0691. The van der Waals surface area contributed by atoms with E-state index in [2.05, 4.69) is 10.6 Å². The van der Waals surface area contributed by atoms with Gasteiger partial charge in [0.15, 0.2) is 0 Å². The Morgan fingerprint density at radius 2 is 1.48 bits per heavy atom. The normalized spacial score (nSPS) is 10.2. The summed E-state index contributed by atoms with van der Waals surface area (Å²) in [7, 11) is 0. The van der Waals surface area contributed by atoms with Crippen LogP contribution >= 0.6 is 0 Å². The summed E-state index contributed by atoms with van der Waals surface area (Å²) in [5.41, 5.74) is 10.6. The van der Waals surface area contributed by atoms with E-state index in [9.17, 15) is 19.5 Å². The van der Waals surface area contributed by atoms with E-state index < -0.39 is 17.8 Å². The average molecular weight is 322 g/mol. The summed E-state index contributed by atoms with van der Waals surface area (Å²) in [6.45, 7) is 1.63. The van der Waals surface area contributed by atoms with E-state index in [1.54, 1.807) is 0 Å². The highest BCUT2D eigenvalue weighted by atomic mass is 16.4. The van der Waals surface area contributed by atoms with E-state index in [0.717, 1.165) is 0 Å². The van der Waals surface area contributed by atoms with Crippen LogP contribution in [0.25, 0.3) is 0 Å². The summed E-state index contributed by atoms with van der Waals surface area (Å²) in [4.78, 5) is 35.3. The van der Waals surface area contributed by atoms with Gasteiger partial charge in [-0.05, 0) is 44.1 Å². The molecule has 0 radical (unpaired) electrons. The molecule has 23 heavy (non-hydrogen) atoms. The minimum absolute atomic E-state index is 0.00743. The zero-order chi connectivity index (χ0) is 17.2. The Hall–Kier alpha value is -2.45. The summed E-state index contributed by atoms with van der Waals surface area (Å²) < 4.78 is 0. The Bertz CT molecular complexity index is 575. The van der Waals surface area contributed by atoms with Crippen LogP contribution in [-0.4, -0.2) is 49.1 Å². The molecule has 2 amide bonds. The van der Waals surface area contributed by atoms with Crippen LogP contribution < -0.4 is 22.1 Å². The molecule has 126 valence electrons. The number of hydrogen-bond acceptors (Lipinski definition) is 5. The Kier molecular flexibility index (Phi) is 7.72. The molecule has 0 aromatic heterocycles. The third kappa shape index (κ3) is 5.68. The van der Waals surface area contributed by atoms with E-state index in [1.165, 1.54) is 18.2 Å². The van der Waals surface area contributed by atoms with Crippen molar-refractivity contribution < 1.29 is 19.5 Å². The monoisotopic (exact) mass is 322 g/mol. The van der Waals surface area contributed by atoms with Gasteiger partial charge < -0.3 is 27.2 Å². The Labute approximate surface area is 134 Å². The molecule has 1 aromatic rings. The molecule has 0 spiro atoms. The van der Waals surface area contributed by atoms with Gasteiger partial charge in [0, 0.05) is 18.7 Å². The molecule has 1 rings (SSSR count). The van der Waals surface area contributed by atoms with E-state index in [-0.39, 0.29) is 16.7 Å². The maximum Gasteiger partial charge on any atom is 0.336 e. The van der Waals surface area contributed by atoms with E-state index in [0.29, 0.717) is 39.0 Å².